The number of aromatic nitrogens is 1. The smallest absolute Gasteiger partial charge is 0.256 e. The summed E-state index contributed by atoms with van der Waals surface area (Å²) in [6, 6.07) is 13.4. The number of nitrogens with zero attached hydrogens (tertiary/aromatic N) is 2. The van der Waals surface area contributed by atoms with Crippen LogP contribution in [-0.2, 0) is 13.0 Å². The molecule has 126 valence electrons. The van der Waals surface area contributed by atoms with Crippen LogP contribution in [0.25, 0.3) is 0 Å². The average Bonchev–Trinajstić information content (AvgIpc) is 3.10. The van der Waals surface area contributed by atoms with E-state index in [4.69, 9.17) is 0 Å². The van der Waals surface area contributed by atoms with Gasteiger partial charge in [0.15, 0.2) is 0 Å². The fourth-order valence-corrected chi connectivity index (χ4v) is 4.29. The third kappa shape index (κ3) is 3.45. The molecule has 0 unspecified atom stereocenters. The molecule has 3 heterocycles. The van der Waals surface area contributed by atoms with Crippen molar-refractivity contribution in [3.05, 3.63) is 74.5 Å². The highest BCUT2D eigenvalue weighted by molar-refractivity contribution is 9.10. The number of carbonyl (C=O) groups excluding carboxylic acids is 1. The largest absolute Gasteiger partial charge is 0.352 e. The van der Waals surface area contributed by atoms with Gasteiger partial charge < -0.3 is 10.2 Å². The van der Waals surface area contributed by atoms with Gasteiger partial charge in [-0.15, -0.1) is 11.3 Å². The molecule has 25 heavy (non-hydrogen) atoms. The number of fused-ring (bicyclic) bond motifs is 1. The van der Waals surface area contributed by atoms with Crippen molar-refractivity contribution in [2.24, 2.45) is 0 Å². The number of benzene rings is 1. The lowest BCUT2D eigenvalue weighted by molar-refractivity contribution is 0.102. The molecule has 1 N–H and O–H groups in total. The molecule has 0 bridgehead atoms. The summed E-state index contributed by atoms with van der Waals surface area (Å²) in [5.74, 6) is 0.790. The maximum Gasteiger partial charge on any atom is 0.256 e. The summed E-state index contributed by atoms with van der Waals surface area (Å²) in [6.45, 7) is 1.87. The lowest BCUT2D eigenvalue weighted by Gasteiger charge is -2.28. The number of rotatable bonds is 3. The van der Waals surface area contributed by atoms with Crippen LogP contribution in [0.4, 0.5) is 11.5 Å². The predicted octanol–water partition coefficient (Wildman–Crippen LogP) is 4.72. The summed E-state index contributed by atoms with van der Waals surface area (Å²) in [5, 5.41) is 5.05. The first-order chi connectivity index (χ1) is 12.2. The second kappa shape index (κ2) is 6.98. The fourth-order valence-electron chi connectivity index (χ4n) is 2.93. The van der Waals surface area contributed by atoms with Crippen LogP contribution in [-0.4, -0.2) is 17.4 Å². The van der Waals surface area contributed by atoms with Crippen molar-refractivity contribution in [2.75, 3.05) is 16.8 Å². The van der Waals surface area contributed by atoms with E-state index in [0.29, 0.717) is 11.3 Å². The Labute approximate surface area is 158 Å². The molecule has 1 aliphatic heterocycles. The van der Waals surface area contributed by atoms with E-state index in [1.54, 1.807) is 12.3 Å². The maximum absolute atomic E-state index is 12.4. The van der Waals surface area contributed by atoms with E-state index in [-0.39, 0.29) is 5.91 Å². The highest BCUT2D eigenvalue weighted by atomic mass is 79.9. The summed E-state index contributed by atoms with van der Waals surface area (Å²) in [6.07, 6.45) is 2.78. The Morgan fingerprint density at radius 2 is 2.08 bits per heavy atom. The summed E-state index contributed by atoms with van der Waals surface area (Å²) in [7, 11) is 0. The molecule has 6 heteroatoms. The number of nitrogens with one attached hydrogen (secondary N) is 1. The third-order valence-electron chi connectivity index (χ3n) is 4.26. The average molecular weight is 414 g/mol. The number of pyridine rings is 1. The standard InChI is InChI=1S/C19H16BrN3OS/c20-16-4-2-1-3-15(16)19(24)22-14-5-6-18(21-11-14)23-9-7-17-13(12-23)8-10-25-17/h1-6,8,10-11H,7,9,12H2,(H,22,24). The number of hydrogen-bond donors (Lipinski definition) is 1. The summed E-state index contributed by atoms with van der Waals surface area (Å²) in [4.78, 5) is 20.6. The van der Waals surface area contributed by atoms with Gasteiger partial charge in [0.25, 0.3) is 5.91 Å². The summed E-state index contributed by atoms with van der Waals surface area (Å²) < 4.78 is 0.775. The Hall–Kier alpha value is -2.18. The molecule has 3 aromatic rings. The lowest BCUT2D eigenvalue weighted by atomic mass is 10.1. The summed E-state index contributed by atoms with van der Waals surface area (Å²) >= 11 is 5.23. The molecule has 4 rings (SSSR count). The van der Waals surface area contributed by atoms with Crippen molar-refractivity contribution in [1.82, 2.24) is 4.98 Å². The molecule has 0 spiro atoms. The maximum atomic E-state index is 12.4. The third-order valence-corrected chi connectivity index (χ3v) is 5.97. The van der Waals surface area contributed by atoms with Crippen molar-refractivity contribution in [3.63, 3.8) is 0 Å². The molecular weight excluding hydrogens is 398 g/mol. The number of hydrogen-bond acceptors (Lipinski definition) is 4. The quantitative estimate of drug-likeness (QED) is 0.675. The molecule has 0 aliphatic carbocycles. The minimum Gasteiger partial charge on any atom is -0.352 e. The number of anilines is 2. The van der Waals surface area contributed by atoms with Gasteiger partial charge in [0.05, 0.1) is 17.4 Å². The Balaban J connectivity index is 1.46. The first-order valence-electron chi connectivity index (χ1n) is 8.03. The molecule has 0 fully saturated rings. The number of carbonyl (C=O) groups is 1. The van der Waals surface area contributed by atoms with E-state index >= 15 is 0 Å². The monoisotopic (exact) mass is 413 g/mol. The summed E-state index contributed by atoms with van der Waals surface area (Å²) in [5.41, 5.74) is 2.69. The minimum absolute atomic E-state index is 0.150. The molecular formula is C19H16BrN3OS. The van der Waals surface area contributed by atoms with Gasteiger partial charge in [0, 0.05) is 22.4 Å². The van der Waals surface area contributed by atoms with Crippen molar-refractivity contribution in [2.45, 2.75) is 13.0 Å². The topological polar surface area (TPSA) is 45.2 Å². The van der Waals surface area contributed by atoms with Gasteiger partial charge in [0.1, 0.15) is 5.82 Å². The van der Waals surface area contributed by atoms with Gasteiger partial charge in [-0.05, 0) is 63.6 Å². The van der Waals surface area contributed by atoms with Crippen molar-refractivity contribution in [3.8, 4) is 0 Å². The van der Waals surface area contributed by atoms with E-state index < -0.39 is 0 Å². The zero-order valence-corrected chi connectivity index (χ0v) is 15.8. The second-order valence-corrected chi connectivity index (χ2v) is 7.73. The SMILES string of the molecule is O=C(Nc1ccc(N2CCc3sccc3C2)nc1)c1ccccc1Br. The van der Waals surface area contributed by atoms with E-state index in [1.807, 2.05) is 41.7 Å². The molecule has 0 atom stereocenters. The van der Waals surface area contributed by atoms with Gasteiger partial charge in [-0.2, -0.15) is 0 Å². The Kier molecular flexibility index (Phi) is 4.55. The highest BCUT2D eigenvalue weighted by Crippen LogP contribution is 2.27. The first kappa shape index (κ1) is 16.3. The van der Waals surface area contributed by atoms with Gasteiger partial charge >= 0.3 is 0 Å². The number of halogens is 1. The molecule has 1 aromatic carbocycles. The van der Waals surface area contributed by atoms with E-state index in [1.165, 1.54) is 10.4 Å². The number of thiophene rings is 1. The van der Waals surface area contributed by atoms with Crippen LogP contribution < -0.4 is 10.2 Å². The van der Waals surface area contributed by atoms with Gasteiger partial charge in [-0.3, -0.25) is 4.79 Å². The van der Waals surface area contributed by atoms with E-state index in [2.05, 4.69) is 42.6 Å². The first-order valence-corrected chi connectivity index (χ1v) is 9.70. The van der Waals surface area contributed by atoms with Crippen LogP contribution in [0.5, 0.6) is 0 Å². The molecule has 1 aliphatic rings. The predicted molar refractivity (Wildman–Crippen MR) is 105 cm³/mol. The van der Waals surface area contributed by atoms with Gasteiger partial charge in [-0.25, -0.2) is 4.98 Å². The minimum atomic E-state index is -0.150. The van der Waals surface area contributed by atoms with Gasteiger partial charge in [-0.1, -0.05) is 12.1 Å². The molecule has 0 saturated heterocycles. The van der Waals surface area contributed by atoms with Crippen LogP contribution in [0.15, 0.2) is 58.5 Å². The fraction of sp³-hybridized carbons (Fsp3) is 0.158. The normalized spacial score (nSPS) is 13.4. The van der Waals surface area contributed by atoms with Crippen molar-refractivity contribution in [1.29, 1.82) is 0 Å². The molecule has 1 amide bonds. The van der Waals surface area contributed by atoms with E-state index in [9.17, 15) is 4.79 Å². The number of amides is 1. The van der Waals surface area contributed by atoms with Crippen molar-refractivity contribution >= 4 is 44.7 Å². The van der Waals surface area contributed by atoms with Crippen LogP contribution in [0, 0.1) is 0 Å². The van der Waals surface area contributed by atoms with Crippen molar-refractivity contribution < 1.29 is 4.79 Å². The molecule has 4 nitrogen and oxygen atoms in total. The van der Waals surface area contributed by atoms with Crippen LogP contribution in [0.1, 0.15) is 20.8 Å². The van der Waals surface area contributed by atoms with Gasteiger partial charge in [0.2, 0.25) is 0 Å². The Bertz CT molecular complexity index is 907. The van der Waals surface area contributed by atoms with Crippen LogP contribution in [0.3, 0.4) is 0 Å². The zero-order valence-electron chi connectivity index (χ0n) is 13.4. The highest BCUT2D eigenvalue weighted by Gasteiger charge is 2.18. The zero-order chi connectivity index (χ0) is 17.2. The molecule has 0 radical (unpaired) electrons. The Morgan fingerprint density at radius 3 is 2.88 bits per heavy atom. The molecule has 2 aromatic heterocycles. The van der Waals surface area contributed by atoms with Crippen LogP contribution >= 0.6 is 27.3 Å². The Morgan fingerprint density at radius 1 is 1.20 bits per heavy atom. The van der Waals surface area contributed by atoms with E-state index in [0.717, 1.165) is 29.8 Å². The van der Waals surface area contributed by atoms with Crippen LogP contribution in [0.2, 0.25) is 0 Å². The lowest BCUT2D eigenvalue weighted by Crippen LogP contribution is -2.30. The molecule has 0 saturated carbocycles. The second-order valence-electron chi connectivity index (χ2n) is 5.88.